The van der Waals surface area contributed by atoms with E-state index in [1.54, 1.807) is 6.20 Å². The molecule has 0 bridgehead atoms. The van der Waals surface area contributed by atoms with E-state index in [0.717, 1.165) is 16.8 Å². The Morgan fingerprint density at radius 3 is 2.89 bits per heavy atom. The Kier molecular flexibility index (Phi) is 4.62. The van der Waals surface area contributed by atoms with Crippen LogP contribution in [-0.2, 0) is 22.6 Å². The normalized spacial score (nSPS) is 24.3. The number of aromatic nitrogens is 1. The number of likely N-dealkylation sites (tertiary alicyclic amines) is 1. The summed E-state index contributed by atoms with van der Waals surface area (Å²) in [6.45, 7) is 3.77. The standard InChI is InChI=1S/C20H20ClFN4O2/c1-10(2)18(20(28)25-8-11(22)5-12(25)6-23)26-9-14-15(21)7-24-16-4-3-13(17(14)16)19(26)27/h3,7,10-12,18H,4-5,8-9H2,1-2H3/t11-,12-,18+/m0/s1. The van der Waals surface area contributed by atoms with E-state index in [-0.39, 0.29) is 37.2 Å². The lowest BCUT2D eigenvalue weighted by molar-refractivity contribution is -0.146. The molecule has 1 fully saturated rings. The summed E-state index contributed by atoms with van der Waals surface area (Å²) in [4.78, 5) is 33.6. The van der Waals surface area contributed by atoms with Crippen LogP contribution in [-0.4, -0.2) is 51.4 Å². The molecule has 0 radical (unpaired) electrons. The highest BCUT2D eigenvalue weighted by Crippen LogP contribution is 2.40. The van der Waals surface area contributed by atoms with Gasteiger partial charge in [0.15, 0.2) is 0 Å². The summed E-state index contributed by atoms with van der Waals surface area (Å²) >= 11 is 6.36. The van der Waals surface area contributed by atoms with Gasteiger partial charge in [0.25, 0.3) is 5.91 Å². The van der Waals surface area contributed by atoms with Gasteiger partial charge in [-0.25, -0.2) is 4.39 Å². The number of hydrogen-bond acceptors (Lipinski definition) is 4. The van der Waals surface area contributed by atoms with Crippen molar-refractivity contribution in [3.63, 3.8) is 0 Å². The lowest BCUT2D eigenvalue weighted by atomic mass is 9.92. The van der Waals surface area contributed by atoms with Gasteiger partial charge in [-0.2, -0.15) is 5.26 Å². The molecule has 1 aromatic rings. The number of rotatable bonds is 3. The highest BCUT2D eigenvalue weighted by atomic mass is 35.5. The van der Waals surface area contributed by atoms with Crippen molar-refractivity contribution in [2.24, 2.45) is 5.92 Å². The summed E-state index contributed by atoms with van der Waals surface area (Å²) < 4.78 is 13.9. The molecule has 28 heavy (non-hydrogen) atoms. The van der Waals surface area contributed by atoms with Crippen LogP contribution >= 0.6 is 11.6 Å². The van der Waals surface area contributed by atoms with Crippen molar-refractivity contribution in [3.8, 4) is 6.07 Å². The Hall–Kier alpha value is -2.46. The van der Waals surface area contributed by atoms with Gasteiger partial charge in [-0.15, -0.1) is 0 Å². The maximum atomic E-state index is 13.9. The van der Waals surface area contributed by atoms with Crippen LogP contribution in [0.3, 0.4) is 0 Å². The average molecular weight is 403 g/mol. The molecule has 2 amide bonds. The molecule has 0 aromatic carbocycles. The van der Waals surface area contributed by atoms with Gasteiger partial charge in [-0.3, -0.25) is 14.6 Å². The minimum atomic E-state index is -1.22. The second kappa shape index (κ2) is 6.85. The third kappa shape index (κ3) is 2.78. The van der Waals surface area contributed by atoms with Gasteiger partial charge in [0, 0.05) is 42.3 Å². The van der Waals surface area contributed by atoms with E-state index >= 15 is 0 Å². The fourth-order valence-electron chi connectivity index (χ4n) is 4.41. The molecule has 1 aliphatic carbocycles. The van der Waals surface area contributed by atoms with E-state index in [1.807, 2.05) is 26.0 Å². The molecule has 0 saturated carbocycles. The number of pyridine rings is 1. The predicted octanol–water partition coefficient (Wildman–Crippen LogP) is 2.50. The van der Waals surface area contributed by atoms with Crippen molar-refractivity contribution in [2.45, 2.75) is 51.5 Å². The Morgan fingerprint density at radius 1 is 1.46 bits per heavy atom. The van der Waals surface area contributed by atoms with Crippen LogP contribution in [0.5, 0.6) is 0 Å². The SMILES string of the molecule is CC(C)[C@H](C(=O)N1C[C@@H](F)C[C@H]1C#N)N1Cc2c(Cl)cnc3c2C(=CC3)C1=O. The van der Waals surface area contributed by atoms with Crippen molar-refractivity contribution in [1.82, 2.24) is 14.8 Å². The average Bonchev–Trinajstić information content (AvgIpc) is 3.25. The molecule has 4 rings (SSSR count). The molecule has 0 N–H and O–H groups in total. The van der Waals surface area contributed by atoms with Gasteiger partial charge in [-0.1, -0.05) is 31.5 Å². The zero-order chi connectivity index (χ0) is 20.2. The van der Waals surface area contributed by atoms with Crippen LogP contribution in [0.15, 0.2) is 12.3 Å². The van der Waals surface area contributed by atoms with E-state index in [9.17, 15) is 19.2 Å². The number of alkyl halides is 1. The Balaban J connectivity index is 1.72. The molecule has 3 atom stereocenters. The second-order valence-corrected chi connectivity index (χ2v) is 8.23. The van der Waals surface area contributed by atoms with Crippen LogP contribution in [0, 0.1) is 17.2 Å². The number of carbonyl (C=O) groups excluding carboxylic acids is 2. The van der Waals surface area contributed by atoms with Crippen LogP contribution in [0.4, 0.5) is 4.39 Å². The molecule has 3 aliphatic rings. The highest BCUT2D eigenvalue weighted by molar-refractivity contribution is 6.32. The molecule has 8 heteroatoms. The van der Waals surface area contributed by atoms with E-state index in [0.29, 0.717) is 17.0 Å². The van der Waals surface area contributed by atoms with E-state index < -0.39 is 18.3 Å². The molecule has 0 unspecified atom stereocenters. The van der Waals surface area contributed by atoms with Crippen molar-refractivity contribution >= 4 is 29.0 Å². The van der Waals surface area contributed by atoms with Gasteiger partial charge in [-0.05, 0) is 5.92 Å². The van der Waals surface area contributed by atoms with Crippen molar-refractivity contribution in [2.75, 3.05) is 6.54 Å². The third-order valence-corrected chi connectivity index (χ3v) is 6.03. The number of allylic oxidation sites excluding steroid dienone is 1. The monoisotopic (exact) mass is 402 g/mol. The van der Waals surface area contributed by atoms with Gasteiger partial charge in [0.1, 0.15) is 18.3 Å². The zero-order valence-corrected chi connectivity index (χ0v) is 16.4. The summed E-state index contributed by atoms with van der Waals surface area (Å²) in [6, 6.07) is 0.407. The first-order valence-electron chi connectivity index (χ1n) is 9.35. The first-order valence-corrected chi connectivity index (χ1v) is 9.73. The molecule has 6 nitrogen and oxygen atoms in total. The molecule has 1 aromatic heterocycles. The third-order valence-electron chi connectivity index (χ3n) is 5.70. The Bertz CT molecular complexity index is 939. The molecule has 1 saturated heterocycles. The van der Waals surface area contributed by atoms with Crippen LogP contribution in [0.25, 0.3) is 5.57 Å². The van der Waals surface area contributed by atoms with E-state index in [2.05, 4.69) is 4.98 Å². The van der Waals surface area contributed by atoms with E-state index in [4.69, 9.17) is 11.6 Å². The van der Waals surface area contributed by atoms with Crippen molar-refractivity contribution in [3.05, 3.63) is 34.1 Å². The molecule has 0 spiro atoms. The fourth-order valence-corrected chi connectivity index (χ4v) is 4.62. The first kappa shape index (κ1) is 18.9. The molecule has 2 aliphatic heterocycles. The van der Waals surface area contributed by atoms with Gasteiger partial charge >= 0.3 is 0 Å². The van der Waals surface area contributed by atoms with E-state index in [1.165, 1.54) is 9.80 Å². The predicted molar refractivity (Wildman–Crippen MR) is 101 cm³/mol. The topological polar surface area (TPSA) is 77.3 Å². The maximum absolute atomic E-state index is 13.9. The van der Waals surface area contributed by atoms with Gasteiger partial charge in [0.2, 0.25) is 5.91 Å². The van der Waals surface area contributed by atoms with Gasteiger partial charge in [0.05, 0.1) is 23.3 Å². The number of nitrogens with zero attached hydrogens (tertiary/aromatic N) is 4. The van der Waals surface area contributed by atoms with Crippen molar-refractivity contribution in [1.29, 1.82) is 5.26 Å². The highest BCUT2D eigenvalue weighted by Gasteiger charge is 2.45. The Morgan fingerprint density at radius 2 is 2.21 bits per heavy atom. The molecule has 146 valence electrons. The molecular formula is C20H20ClFN4O2. The molecular weight excluding hydrogens is 383 g/mol. The number of nitriles is 1. The largest absolute Gasteiger partial charge is 0.322 e. The second-order valence-electron chi connectivity index (χ2n) is 7.82. The minimum Gasteiger partial charge on any atom is -0.322 e. The summed E-state index contributed by atoms with van der Waals surface area (Å²) in [5.41, 5.74) is 2.91. The number of hydrogen-bond donors (Lipinski definition) is 0. The first-order chi connectivity index (χ1) is 13.3. The quantitative estimate of drug-likeness (QED) is 0.778. The van der Waals surface area contributed by atoms with Crippen LogP contribution in [0.1, 0.15) is 37.1 Å². The summed E-state index contributed by atoms with van der Waals surface area (Å²) in [7, 11) is 0. The van der Waals surface area contributed by atoms with Gasteiger partial charge < -0.3 is 9.80 Å². The maximum Gasteiger partial charge on any atom is 0.255 e. The number of amides is 2. The summed E-state index contributed by atoms with van der Waals surface area (Å²) in [5.74, 6) is -0.840. The lowest BCUT2D eigenvalue weighted by Gasteiger charge is -2.39. The minimum absolute atomic E-state index is 0.00977. The lowest BCUT2D eigenvalue weighted by Crippen LogP contribution is -2.55. The number of carbonyl (C=O) groups is 2. The van der Waals surface area contributed by atoms with Crippen LogP contribution in [0.2, 0.25) is 5.02 Å². The smallest absolute Gasteiger partial charge is 0.255 e. The fraction of sp³-hybridized carbons (Fsp3) is 0.500. The summed E-state index contributed by atoms with van der Waals surface area (Å²) in [5, 5.41) is 9.77. The Labute approximate surface area is 167 Å². The van der Waals surface area contributed by atoms with Crippen LogP contribution < -0.4 is 0 Å². The number of halogens is 2. The van der Waals surface area contributed by atoms with Crippen molar-refractivity contribution < 1.29 is 14.0 Å². The summed E-state index contributed by atoms with van der Waals surface area (Å²) in [6.07, 6.45) is 2.74. The molecule has 3 heterocycles. The zero-order valence-electron chi connectivity index (χ0n) is 15.7.